The van der Waals surface area contributed by atoms with E-state index < -0.39 is 0 Å². The summed E-state index contributed by atoms with van der Waals surface area (Å²) in [4.78, 5) is 0. The van der Waals surface area contributed by atoms with Gasteiger partial charge in [0.25, 0.3) is 0 Å². The minimum atomic E-state index is -0.0461. The average Bonchev–Trinajstić information content (AvgIpc) is 2.95. The van der Waals surface area contributed by atoms with E-state index in [9.17, 15) is 0 Å². The molecule has 4 atom stereocenters. The van der Waals surface area contributed by atoms with Crippen LogP contribution >= 0.6 is 22.6 Å². The molecular formula is C13H15IO4. The molecule has 0 aromatic heterocycles. The van der Waals surface area contributed by atoms with Gasteiger partial charge in [-0.25, -0.2) is 0 Å². The normalized spacial score (nSPS) is 34.6. The summed E-state index contributed by atoms with van der Waals surface area (Å²) in [5, 5.41) is 0. The van der Waals surface area contributed by atoms with Gasteiger partial charge in [0.2, 0.25) is 0 Å². The van der Waals surface area contributed by atoms with Gasteiger partial charge >= 0.3 is 0 Å². The number of rotatable bonds is 3. The quantitative estimate of drug-likeness (QED) is 0.770. The summed E-state index contributed by atoms with van der Waals surface area (Å²) >= 11 is 2.27. The van der Waals surface area contributed by atoms with Gasteiger partial charge in [-0.2, -0.15) is 0 Å². The maximum atomic E-state index is 5.93. The summed E-state index contributed by atoms with van der Waals surface area (Å²) in [7, 11) is 1.69. The van der Waals surface area contributed by atoms with E-state index in [2.05, 4.69) is 22.6 Å². The molecule has 0 radical (unpaired) electrons. The van der Waals surface area contributed by atoms with Crippen molar-refractivity contribution >= 4 is 22.6 Å². The van der Waals surface area contributed by atoms with E-state index in [4.69, 9.17) is 18.9 Å². The van der Waals surface area contributed by atoms with Crippen LogP contribution in [0.3, 0.4) is 0 Å². The highest BCUT2D eigenvalue weighted by atomic mass is 127. The average molecular weight is 362 g/mol. The van der Waals surface area contributed by atoms with Crippen LogP contribution in [-0.2, 0) is 14.2 Å². The summed E-state index contributed by atoms with van der Waals surface area (Å²) in [6, 6.07) is 7.99. The lowest BCUT2D eigenvalue weighted by molar-refractivity contribution is -0.0138. The Morgan fingerprint density at radius 3 is 2.33 bits per heavy atom. The van der Waals surface area contributed by atoms with Crippen LogP contribution < -0.4 is 4.74 Å². The van der Waals surface area contributed by atoms with Crippen molar-refractivity contribution in [2.24, 2.45) is 0 Å². The molecule has 1 aromatic rings. The zero-order valence-electron chi connectivity index (χ0n) is 10.0. The highest BCUT2D eigenvalue weighted by molar-refractivity contribution is 14.1. The van der Waals surface area contributed by atoms with Crippen LogP contribution in [0.2, 0.25) is 0 Å². The maximum Gasteiger partial charge on any atom is 0.151 e. The fourth-order valence-corrected chi connectivity index (χ4v) is 2.78. The molecule has 2 aliphatic rings. The molecule has 18 heavy (non-hydrogen) atoms. The van der Waals surface area contributed by atoms with E-state index >= 15 is 0 Å². The number of halogens is 1. The van der Waals surface area contributed by atoms with Crippen molar-refractivity contribution in [2.45, 2.75) is 24.4 Å². The van der Waals surface area contributed by atoms with Crippen molar-refractivity contribution < 1.29 is 18.9 Å². The summed E-state index contributed by atoms with van der Waals surface area (Å²) in [5.74, 6) is 0.856. The van der Waals surface area contributed by atoms with Gasteiger partial charge in [0.05, 0.1) is 13.2 Å². The van der Waals surface area contributed by atoms with Gasteiger partial charge in [-0.15, -0.1) is 0 Å². The van der Waals surface area contributed by atoms with Crippen LogP contribution in [-0.4, -0.2) is 44.7 Å². The van der Waals surface area contributed by atoms with Crippen molar-refractivity contribution in [3.05, 3.63) is 27.8 Å². The van der Waals surface area contributed by atoms with Crippen molar-refractivity contribution in [2.75, 3.05) is 20.3 Å². The van der Waals surface area contributed by atoms with Gasteiger partial charge in [0.15, 0.2) is 6.10 Å². The molecule has 2 fully saturated rings. The third kappa shape index (κ3) is 2.36. The van der Waals surface area contributed by atoms with Crippen LogP contribution in [0.25, 0.3) is 0 Å². The number of benzene rings is 1. The van der Waals surface area contributed by atoms with Gasteiger partial charge in [0, 0.05) is 10.7 Å². The summed E-state index contributed by atoms with van der Waals surface area (Å²) < 4.78 is 23.9. The van der Waals surface area contributed by atoms with Crippen LogP contribution in [0.5, 0.6) is 5.75 Å². The second kappa shape index (κ2) is 5.32. The lowest BCUT2D eigenvalue weighted by atomic mass is 10.1. The van der Waals surface area contributed by atoms with Crippen LogP contribution in [0.4, 0.5) is 0 Å². The Morgan fingerprint density at radius 2 is 1.67 bits per heavy atom. The first-order valence-electron chi connectivity index (χ1n) is 5.96. The van der Waals surface area contributed by atoms with Crippen LogP contribution in [0.15, 0.2) is 24.3 Å². The Balaban J connectivity index is 1.66. The molecule has 2 saturated heterocycles. The smallest absolute Gasteiger partial charge is 0.151 e. The standard InChI is InChI=1S/C13H15IO4/c1-15-10-6-16-13-11(7-17-12(10)13)18-9-4-2-8(14)3-5-9/h2-5,10-13H,6-7H2,1H3/t10-,11-,12-,13-/m1/s1. The van der Waals surface area contributed by atoms with E-state index in [0.29, 0.717) is 13.2 Å². The van der Waals surface area contributed by atoms with E-state index in [1.165, 1.54) is 3.57 Å². The predicted octanol–water partition coefficient (Wildman–Crippen LogP) is 1.85. The first kappa shape index (κ1) is 12.7. The Morgan fingerprint density at radius 1 is 1.06 bits per heavy atom. The number of hydrogen-bond acceptors (Lipinski definition) is 4. The topological polar surface area (TPSA) is 36.9 Å². The molecule has 0 N–H and O–H groups in total. The first-order chi connectivity index (χ1) is 8.78. The predicted molar refractivity (Wildman–Crippen MR) is 73.9 cm³/mol. The van der Waals surface area contributed by atoms with E-state index in [1.807, 2.05) is 24.3 Å². The summed E-state index contributed by atoms with van der Waals surface area (Å²) in [5.41, 5.74) is 0. The fraction of sp³-hybridized carbons (Fsp3) is 0.538. The molecule has 5 heteroatoms. The third-order valence-electron chi connectivity index (χ3n) is 3.37. The SMILES string of the molecule is CO[C@@H]1CO[C@H]2[C@@H]1OC[C@H]2Oc1ccc(I)cc1. The van der Waals surface area contributed by atoms with Gasteiger partial charge in [-0.3, -0.25) is 0 Å². The molecule has 0 aliphatic carbocycles. The van der Waals surface area contributed by atoms with E-state index in [-0.39, 0.29) is 24.4 Å². The van der Waals surface area contributed by atoms with Crippen LogP contribution in [0.1, 0.15) is 0 Å². The number of fused-ring (bicyclic) bond motifs is 1. The Labute approximate surface area is 120 Å². The number of methoxy groups -OCH3 is 1. The molecule has 0 bridgehead atoms. The zero-order chi connectivity index (χ0) is 12.5. The van der Waals surface area contributed by atoms with E-state index in [1.54, 1.807) is 7.11 Å². The second-order valence-corrected chi connectivity index (χ2v) is 5.73. The highest BCUT2D eigenvalue weighted by Gasteiger charge is 2.49. The van der Waals surface area contributed by atoms with Crippen molar-refractivity contribution in [1.82, 2.24) is 0 Å². The van der Waals surface area contributed by atoms with Crippen molar-refractivity contribution in [1.29, 1.82) is 0 Å². The minimum absolute atomic E-state index is 0.00356. The molecular weight excluding hydrogens is 347 g/mol. The Hall–Kier alpha value is -0.370. The lowest BCUT2D eigenvalue weighted by Crippen LogP contribution is -2.35. The minimum Gasteiger partial charge on any atom is -0.485 e. The molecule has 3 rings (SSSR count). The Kier molecular flexibility index (Phi) is 3.74. The first-order valence-corrected chi connectivity index (χ1v) is 7.04. The number of ether oxygens (including phenoxy) is 4. The number of hydrogen-bond donors (Lipinski definition) is 0. The molecule has 4 nitrogen and oxygen atoms in total. The van der Waals surface area contributed by atoms with Gasteiger partial charge < -0.3 is 18.9 Å². The van der Waals surface area contributed by atoms with Gasteiger partial charge in [-0.05, 0) is 46.9 Å². The summed E-state index contributed by atoms with van der Waals surface area (Å²) in [6.07, 6.45) is -0.0337. The molecule has 0 saturated carbocycles. The van der Waals surface area contributed by atoms with Crippen molar-refractivity contribution in [3.8, 4) is 5.75 Å². The molecule has 0 unspecified atom stereocenters. The van der Waals surface area contributed by atoms with Crippen LogP contribution in [0, 0.1) is 3.57 Å². The lowest BCUT2D eigenvalue weighted by Gasteiger charge is -2.17. The van der Waals surface area contributed by atoms with Gasteiger partial charge in [0.1, 0.15) is 24.1 Å². The monoisotopic (exact) mass is 362 g/mol. The molecule has 2 heterocycles. The van der Waals surface area contributed by atoms with Gasteiger partial charge in [-0.1, -0.05) is 0 Å². The maximum absolute atomic E-state index is 5.93. The highest BCUT2D eigenvalue weighted by Crippen LogP contribution is 2.31. The summed E-state index contributed by atoms with van der Waals surface area (Å²) in [6.45, 7) is 1.14. The molecule has 0 spiro atoms. The largest absolute Gasteiger partial charge is 0.485 e. The second-order valence-electron chi connectivity index (χ2n) is 4.48. The fourth-order valence-electron chi connectivity index (χ4n) is 2.42. The molecule has 98 valence electrons. The third-order valence-corrected chi connectivity index (χ3v) is 4.09. The van der Waals surface area contributed by atoms with E-state index in [0.717, 1.165) is 5.75 Å². The molecule has 1 aromatic carbocycles. The molecule has 0 amide bonds. The molecule has 2 aliphatic heterocycles. The van der Waals surface area contributed by atoms with Crippen molar-refractivity contribution in [3.63, 3.8) is 0 Å². The zero-order valence-corrected chi connectivity index (χ0v) is 12.2. The Bertz CT molecular complexity index is 408.